The molecule has 0 atom stereocenters. The number of hydrogen-bond donors (Lipinski definition) is 2. The minimum absolute atomic E-state index is 0.125. The van der Waals surface area contributed by atoms with Crippen molar-refractivity contribution in [3.8, 4) is 0 Å². The van der Waals surface area contributed by atoms with E-state index in [4.69, 9.17) is 11.1 Å². The fourth-order valence-electron chi connectivity index (χ4n) is 2.05. The second-order valence-electron chi connectivity index (χ2n) is 4.37. The molecule has 0 aliphatic carbocycles. The van der Waals surface area contributed by atoms with Gasteiger partial charge in [-0.1, -0.05) is 15.9 Å². The molecule has 2 rings (SSSR count). The SMILES string of the molecule is CN1CCN(c2ccc(Br)cc2C(=N)N)CC1. The van der Waals surface area contributed by atoms with Crippen LogP contribution in [0.4, 0.5) is 5.69 Å². The molecule has 17 heavy (non-hydrogen) atoms. The van der Waals surface area contributed by atoms with Crippen molar-refractivity contribution in [3.63, 3.8) is 0 Å². The summed E-state index contributed by atoms with van der Waals surface area (Å²) in [5.74, 6) is 0.125. The van der Waals surface area contributed by atoms with Crippen LogP contribution in [0, 0.1) is 5.41 Å². The van der Waals surface area contributed by atoms with Crippen molar-refractivity contribution >= 4 is 27.5 Å². The largest absolute Gasteiger partial charge is 0.384 e. The number of anilines is 1. The predicted molar refractivity (Wildman–Crippen MR) is 74.9 cm³/mol. The van der Waals surface area contributed by atoms with Crippen LogP contribution >= 0.6 is 15.9 Å². The van der Waals surface area contributed by atoms with Crippen LogP contribution in [0.15, 0.2) is 22.7 Å². The van der Waals surface area contributed by atoms with Gasteiger partial charge in [-0.3, -0.25) is 5.41 Å². The van der Waals surface area contributed by atoms with E-state index in [1.165, 1.54) is 0 Å². The van der Waals surface area contributed by atoms with Crippen LogP contribution < -0.4 is 10.6 Å². The molecule has 0 saturated carbocycles. The molecule has 1 fully saturated rings. The average Bonchev–Trinajstić information content (AvgIpc) is 2.30. The molecule has 0 unspecified atom stereocenters. The van der Waals surface area contributed by atoms with E-state index in [0.717, 1.165) is 41.9 Å². The van der Waals surface area contributed by atoms with Gasteiger partial charge in [0.1, 0.15) is 5.84 Å². The zero-order chi connectivity index (χ0) is 12.4. The number of piperazine rings is 1. The van der Waals surface area contributed by atoms with Gasteiger partial charge >= 0.3 is 0 Å². The van der Waals surface area contributed by atoms with Crippen molar-refractivity contribution in [1.29, 1.82) is 5.41 Å². The van der Waals surface area contributed by atoms with E-state index in [-0.39, 0.29) is 5.84 Å². The van der Waals surface area contributed by atoms with Crippen molar-refractivity contribution < 1.29 is 0 Å². The molecule has 4 nitrogen and oxygen atoms in total. The Morgan fingerprint density at radius 3 is 2.53 bits per heavy atom. The number of hydrogen-bond acceptors (Lipinski definition) is 3. The second kappa shape index (κ2) is 5.06. The minimum Gasteiger partial charge on any atom is -0.384 e. The Hall–Kier alpha value is -1.07. The van der Waals surface area contributed by atoms with Crippen LogP contribution in [0.2, 0.25) is 0 Å². The summed E-state index contributed by atoms with van der Waals surface area (Å²) in [6.45, 7) is 4.07. The number of rotatable bonds is 2. The first-order valence-corrected chi connectivity index (χ1v) is 6.44. The molecule has 0 bridgehead atoms. The topological polar surface area (TPSA) is 56.4 Å². The summed E-state index contributed by atoms with van der Waals surface area (Å²) in [4.78, 5) is 4.60. The minimum atomic E-state index is 0.125. The Balaban J connectivity index is 2.28. The summed E-state index contributed by atoms with van der Waals surface area (Å²) in [6.07, 6.45) is 0. The van der Waals surface area contributed by atoms with E-state index >= 15 is 0 Å². The van der Waals surface area contributed by atoms with Gasteiger partial charge in [-0.2, -0.15) is 0 Å². The van der Waals surface area contributed by atoms with Crippen molar-refractivity contribution in [2.75, 3.05) is 38.1 Å². The number of amidine groups is 1. The maximum atomic E-state index is 7.65. The molecule has 0 radical (unpaired) electrons. The molecule has 1 aromatic rings. The molecule has 1 aliphatic rings. The first kappa shape index (κ1) is 12.4. The highest BCUT2D eigenvalue weighted by Gasteiger charge is 2.18. The molecule has 0 aromatic heterocycles. The molecule has 3 N–H and O–H groups in total. The third-order valence-electron chi connectivity index (χ3n) is 3.09. The molecule has 0 amide bonds. The molecule has 1 saturated heterocycles. The molecular formula is C12H17BrN4. The third kappa shape index (κ3) is 2.79. The van der Waals surface area contributed by atoms with Gasteiger partial charge < -0.3 is 15.5 Å². The van der Waals surface area contributed by atoms with Gasteiger partial charge in [-0.25, -0.2) is 0 Å². The van der Waals surface area contributed by atoms with E-state index in [0.29, 0.717) is 0 Å². The van der Waals surface area contributed by atoms with E-state index in [2.05, 4.69) is 32.8 Å². The van der Waals surface area contributed by atoms with Gasteiger partial charge in [0.15, 0.2) is 0 Å². The zero-order valence-corrected chi connectivity index (χ0v) is 11.5. The van der Waals surface area contributed by atoms with Gasteiger partial charge in [-0.15, -0.1) is 0 Å². The van der Waals surface area contributed by atoms with E-state index in [1.54, 1.807) is 0 Å². The quantitative estimate of drug-likeness (QED) is 0.642. The Labute approximate surface area is 110 Å². The monoisotopic (exact) mass is 296 g/mol. The predicted octanol–water partition coefficient (Wildman–Crippen LogP) is 1.48. The van der Waals surface area contributed by atoms with Crippen LogP contribution in [0.5, 0.6) is 0 Å². The first-order valence-electron chi connectivity index (χ1n) is 5.65. The van der Waals surface area contributed by atoms with Crippen LogP contribution in [0.25, 0.3) is 0 Å². The molecule has 1 aliphatic heterocycles. The summed E-state index contributed by atoms with van der Waals surface area (Å²) in [5, 5.41) is 7.65. The lowest BCUT2D eigenvalue weighted by Crippen LogP contribution is -2.45. The highest BCUT2D eigenvalue weighted by molar-refractivity contribution is 9.10. The van der Waals surface area contributed by atoms with Gasteiger partial charge in [0, 0.05) is 41.9 Å². The van der Waals surface area contributed by atoms with Crippen LogP contribution in [-0.2, 0) is 0 Å². The molecule has 0 spiro atoms. The highest BCUT2D eigenvalue weighted by Crippen LogP contribution is 2.25. The summed E-state index contributed by atoms with van der Waals surface area (Å²) in [6, 6.07) is 5.95. The number of nitrogens with zero attached hydrogens (tertiary/aromatic N) is 2. The van der Waals surface area contributed by atoms with E-state index in [9.17, 15) is 0 Å². The fourth-order valence-corrected chi connectivity index (χ4v) is 2.41. The number of nitrogens with two attached hydrogens (primary N) is 1. The standard InChI is InChI=1S/C12H17BrN4/c1-16-4-6-17(7-5-16)11-3-2-9(13)8-10(11)12(14)15/h2-3,8H,4-7H2,1H3,(H3,14,15). The fraction of sp³-hybridized carbons (Fsp3) is 0.417. The molecule has 92 valence electrons. The van der Waals surface area contributed by atoms with E-state index < -0.39 is 0 Å². The van der Waals surface area contributed by atoms with Crippen LogP contribution in [-0.4, -0.2) is 44.0 Å². The zero-order valence-electron chi connectivity index (χ0n) is 9.91. The van der Waals surface area contributed by atoms with Crippen molar-refractivity contribution in [2.24, 2.45) is 5.73 Å². The Morgan fingerprint density at radius 2 is 1.94 bits per heavy atom. The number of nitrogen functional groups attached to an aromatic ring is 1. The third-order valence-corrected chi connectivity index (χ3v) is 3.59. The highest BCUT2D eigenvalue weighted by atomic mass is 79.9. The smallest absolute Gasteiger partial charge is 0.124 e. The number of benzene rings is 1. The Bertz CT molecular complexity index is 425. The molecule has 1 heterocycles. The first-order chi connectivity index (χ1) is 8.08. The van der Waals surface area contributed by atoms with Gasteiger partial charge in [0.2, 0.25) is 0 Å². The maximum Gasteiger partial charge on any atom is 0.124 e. The van der Waals surface area contributed by atoms with Crippen LogP contribution in [0.1, 0.15) is 5.56 Å². The lowest BCUT2D eigenvalue weighted by Gasteiger charge is -2.35. The number of halogens is 1. The van der Waals surface area contributed by atoms with E-state index in [1.807, 2.05) is 18.2 Å². The van der Waals surface area contributed by atoms with Crippen LogP contribution in [0.3, 0.4) is 0 Å². The Morgan fingerprint density at radius 1 is 1.29 bits per heavy atom. The summed E-state index contributed by atoms with van der Waals surface area (Å²) in [7, 11) is 2.13. The summed E-state index contributed by atoms with van der Waals surface area (Å²) < 4.78 is 0.959. The second-order valence-corrected chi connectivity index (χ2v) is 5.28. The maximum absolute atomic E-state index is 7.65. The number of likely N-dealkylation sites (N-methyl/N-ethyl adjacent to an activating group) is 1. The van der Waals surface area contributed by atoms with Crippen molar-refractivity contribution in [1.82, 2.24) is 4.90 Å². The number of nitrogens with one attached hydrogen (secondary N) is 1. The molecular weight excluding hydrogens is 280 g/mol. The van der Waals surface area contributed by atoms with Gasteiger partial charge in [0.25, 0.3) is 0 Å². The lowest BCUT2D eigenvalue weighted by molar-refractivity contribution is 0.313. The normalized spacial score (nSPS) is 17.2. The van der Waals surface area contributed by atoms with Gasteiger partial charge in [-0.05, 0) is 25.2 Å². The summed E-state index contributed by atoms with van der Waals surface area (Å²) >= 11 is 3.42. The summed E-state index contributed by atoms with van der Waals surface area (Å²) in [5.41, 5.74) is 7.52. The lowest BCUT2D eigenvalue weighted by atomic mass is 10.1. The molecule has 1 aromatic carbocycles. The van der Waals surface area contributed by atoms with Crippen molar-refractivity contribution in [2.45, 2.75) is 0 Å². The van der Waals surface area contributed by atoms with Crippen molar-refractivity contribution in [3.05, 3.63) is 28.2 Å². The Kier molecular flexibility index (Phi) is 3.69. The average molecular weight is 297 g/mol. The van der Waals surface area contributed by atoms with Gasteiger partial charge in [0.05, 0.1) is 0 Å². The molecule has 5 heteroatoms.